The fourth-order valence-corrected chi connectivity index (χ4v) is 1.47. The van der Waals surface area contributed by atoms with Crippen LogP contribution in [0.1, 0.15) is 30.6 Å². The Morgan fingerprint density at radius 2 is 2.25 bits per heavy atom. The SMILES string of the molecule is CCOC(=O)CC(O)c1cccc(F)c1C. The Morgan fingerprint density at radius 1 is 1.56 bits per heavy atom. The van der Waals surface area contributed by atoms with Crippen molar-refractivity contribution in [3.05, 3.63) is 35.1 Å². The quantitative estimate of drug-likeness (QED) is 0.800. The summed E-state index contributed by atoms with van der Waals surface area (Å²) in [6.07, 6.45) is -1.17. The summed E-state index contributed by atoms with van der Waals surface area (Å²) in [5, 5.41) is 9.76. The Kier molecular flexibility index (Phi) is 4.43. The van der Waals surface area contributed by atoms with E-state index >= 15 is 0 Å². The van der Waals surface area contributed by atoms with Crippen molar-refractivity contribution in [2.45, 2.75) is 26.4 Å². The molecule has 4 heteroatoms. The molecule has 0 aliphatic heterocycles. The van der Waals surface area contributed by atoms with E-state index in [4.69, 9.17) is 4.74 Å². The van der Waals surface area contributed by atoms with Gasteiger partial charge in [-0.15, -0.1) is 0 Å². The molecule has 1 aromatic rings. The highest BCUT2D eigenvalue weighted by molar-refractivity contribution is 5.70. The summed E-state index contributed by atoms with van der Waals surface area (Å²) in [7, 11) is 0. The number of hydrogen-bond donors (Lipinski definition) is 1. The van der Waals surface area contributed by atoms with Crippen LogP contribution in [0.25, 0.3) is 0 Å². The number of aliphatic hydroxyl groups excluding tert-OH is 1. The lowest BCUT2D eigenvalue weighted by Gasteiger charge is -2.13. The molecule has 0 radical (unpaired) electrons. The molecular formula is C12H15FO3. The van der Waals surface area contributed by atoms with Gasteiger partial charge in [0.25, 0.3) is 0 Å². The molecule has 0 saturated carbocycles. The van der Waals surface area contributed by atoms with Crippen LogP contribution in [0.5, 0.6) is 0 Å². The summed E-state index contributed by atoms with van der Waals surface area (Å²) < 4.78 is 17.9. The van der Waals surface area contributed by atoms with Crippen LogP contribution in [0.3, 0.4) is 0 Å². The minimum atomic E-state index is -1.02. The zero-order valence-corrected chi connectivity index (χ0v) is 9.37. The Morgan fingerprint density at radius 3 is 2.88 bits per heavy atom. The second-order valence-corrected chi connectivity index (χ2v) is 3.48. The van der Waals surface area contributed by atoms with Gasteiger partial charge < -0.3 is 9.84 Å². The fraction of sp³-hybridized carbons (Fsp3) is 0.417. The number of esters is 1. The Labute approximate surface area is 93.9 Å². The van der Waals surface area contributed by atoms with Crippen molar-refractivity contribution in [2.75, 3.05) is 6.61 Å². The van der Waals surface area contributed by atoms with Gasteiger partial charge in [0.1, 0.15) is 5.82 Å². The largest absolute Gasteiger partial charge is 0.466 e. The third kappa shape index (κ3) is 3.03. The number of aliphatic hydroxyl groups is 1. The highest BCUT2D eigenvalue weighted by Crippen LogP contribution is 2.22. The molecule has 16 heavy (non-hydrogen) atoms. The van der Waals surface area contributed by atoms with E-state index in [0.717, 1.165) is 0 Å². The van der Waals surface area contributed by atoms with Crippen LogP contribution in [-0.4, -0.2) is 17.7 Å². The van der Waals surface area contributed by atoms with Gasteiger partial charge in [-0.05, 0) is 31.0 Å². The monoisotopic (exact) mass is 226 g/mol. The van der Waals surface area contributed by atoms with Crippen molar-refractivity contribution < 1.29 is 19.0 Å². The van der Waals surface area contributed by atoms with E-state index in [1.54, 1.807) is 19.9 Å². The minimum absolute atomic E-state index is 0.155. The van der Waals surface area contributed by atoms with E-state index in [9.17, 15) is 14.3 Å². The predicted octanol–water partition coefficient (Wildman–Crippen LogP) is 2.12. The van der Waals surface area contributed by atoms with Crippen molar-refractivity contribution in [1.82, 2.24) is 0 Å². The number of halogens is 1. The van der Waals surface area contributed by atoms with Gasteiger partial charge in [0.15, 0.2) is 0 Å². The van der Waals surface area contributed by atoms with Gasteiger partial charge in [-0.2, -0.15) is 0 Å². The molecule has 0 aromatic heterocycles. The normalized spacial score (nSPS) is 12.2. The molecule has 0 heterocycles. The summed E-state index contributed by atoms with van der Waals surface area (Å²) in [5.74, 6) is -0.876. The highest BCUT2D eigenvalue weighted by atomic mass is 19.1. The summed E-state index contributed by atoms with van der Waals surface area (Å²) >= 11 is 0. The highest BCUT2D eigenvalue weighted by Gasteiger charge is 2.16. The third-order valence-electron chi connectivity index (χ3n) is 2.33. The van der Waals surface area contributed by atoms with E-state index < -0.39 is 12.1 Å². The lowest BCUT2D eigenvalue weighted by atomic mass is 10.0. The van der Waals surface area contributed by atoms with Gasteiger partial charge in [0.2, 0.25) is 0 Å². The maximum Gasteiger partial charge on any atom is 0.308 e. The zero-order valence-electron chi connectivity index (χ0n) is 9.37. The van der Waals surface area contributed by atoms with Crippen molar-refractivity contribution >= 4 is 5.97 Å². The van der Waals surface area contributed by atoms with E-state index in [-0.39, 0.29) is 18.8 Å². The van der Waals surface area contributed by atoms with E-state index in [1.165, 1.54) is 12.1 Å². The molecular weight excluding hydrogens is 211 g/mol. The van der Waals surface area contributed by atoms with Gasteiger partial charge in [-0.1, -0.05) is 12.1 Å². The summed E-state index contributed by atoms with van der Waals surface area (Å²) in [5.41, 5.74) is 0.785. The first-order valence-electron chi connectivity index (χ1n) is 5.15. The van der Waals surface area contributed by atoms with E-state index in [1.807, 2.05) is 0 Å². The minimum Gasteiger partial charge on any atom is -0.466 e. The first-order valence-corrected chi connectivity index (χ1v) is 5.15. The van der Waals surface area contributed by atoms with Gasteiger partial charge in [-0.3, -0.25) is 4.79 Å². The number of benzene rings is 1. The fourth-order valence-electron chi connectivity index (χ4n) is 1.47. The van der Waals surface area contributed by atoms with E-state index in [0.29, 0.717) is 11.1 Å². The number of ether oxygens (including phenoxy) is 1. The molecule has 0 amide bonds. The van der Waals surface area contributed by atoms with Crippen LogP contribution in [-0.2, 0) is 9.53 Å². The van der Waals surface area contributed by atoms with Crippen LogP contribution in [0, 0.1) is 12.7 Å². The van der Waals surface area contributed by atoms with Gasteiger partial charge in [0.05, 0.1) is 19.1 Å². The topological polar surface area (TPSA) is 46.5 Å². The van der Waals surface area contributed by atoms with Crippen LogP contribution < -0.4 is 0 Å². The van der Waals surface area contributed by atoms with Crippen LogP contribution in [0.2, 0.25) is 0 Å². The number of rotatable bonds is 4. The molecule has 0 fully saturated rings. The van der Waals surface area contributed by atoms with Crippen molar-refractivity contribution in [1.29, 1.82) is 0 Å². The maximum atomic E-state index is 13.2. The molecule has 0 bridgehead atoms. The van der Waals surface area contributed by atoms with Crippen LogP contribution in [0.15, 0.2) is 18.2 Å². The first kappa shape index (κ1) is 12.6. The van der Waals surface area contributed by atoms with Crippen molar-refractivity contribution in [2.24, 2.45) is 0 Å². The Balaban J connectivity index is 2.76. The molecule has 88 valence electrons. The molecule has 0 aliphatic rings. The second-order valence-electron chi connectivity index (χ2n) is 3.48. The second kappa shape index (κ2) is 5.61. The van der Waals surface area contributed by atoms with Crippen molar-refractivity contribution in [3.8, 4) is 0 Å². The summed E-state index contributed by atoms with van der Waals surface area (Å²) in [4.78, 5) is 11.1. The van der Waals surface area contributed by atoms with Gasteiger partial charge >= 0.3 is 5.97 Å². The van der Waals surface area contributed by atoms with Crippen LogP contribution in [0.4, 0.5) is 4.39 Å². The number of hydrogen-bond acceptors (Lipinski definition) is 3. The molecule has 3 nitrogen and oxygen atoms in total. The molecule has 0 aliphatic carbocycles. The lowest BCUT2D eigenvalue weighted by molar-refractivity contribution is -0.145. The number of carbonyl (C=O) groups excluding carboxylic acids is 1. The van der Waals surface area contributed by atoms with Crippen molar-refractivity contribution in [3.63, 3.8) is 0 Å². The van der Waals surface area contributed by atoms with Gasteiger partial charge in [-0.25, -0.2) is 4.39 Å². The number of carbonyl (C=O) groups is 1. The zero-order chi connectivity index (χ0) is 12.1. The summed E-state index contributed by atoms with van der Waals surface area (Å²) in [6.45, 7) is 3.53. The van der Waals surface area contributed by atoms with Gasteiger partial charge in [0, 0.05) is 0 Å². The first-order chi connectivity index (χ1) is 7.56. The molecule has 1 unspecified atom stereocenters. The standard InChI is InChI=1S/C12H15FO3/c1-3-16-12(15)7-11(14)9-5-4-6-10(13)8(9)2/h4-6,11,14H,3,7H2,1-2H3. The Bertz CT molecular complexity index is 377. The molecule has 0 saturated heterocycles. The molecule has 1 atom stereocenters. The molecule has 1 N–H and O–H groups in total. The smallest absolute Gasteiger partial charge is 0.308 e. The predicted molar refractivity (Wildman–Crippen MR) is 57.3 cm³/mol. The third-order valence-corrected chi connectivity index (χ3v) is 2.33. The summed E-state index contributed by atoms with van der Waals surface area (Å²) in [6, 6.07) is 4.42. The van der Waals surface area contributed by atoms with Crippen LogP contribution >= 0.6 is 0 Å². The lowest BCUT2D eigenvalue weighted by Crippen LogP contribution is -2.11. The Hall–Kier alpha value is -1.42. The molecule has 0 spiro atoms. The average molecular weight is 226 g/mol. The molecule has 1 aromatic carbocycles. The molecule has 1 rings (SSSR count). The average Bonchev–Trinajstić information content (AvgIpc) is 2.22. The van der Waals surface area contributed by atoms with E-state index in [2.05, 4.69) is 0 Å². The maximum absolute atomic E-state index is 13.2.